The van der Waals surface area contributed by atoms with Gasteiger partial charge in [-0.15, -0.1) is 0 Å². The third-order valence-electron chi connectivity index (χ3n) is 3.79. The van der Waals surface area contributed by atoms with Crippen molar-refractivity contribution in [2.45, 2.75) is 18.7 Å². The molecule has 7 nitrogen and oxygen atoms in total. The Hall–Kier alpha value is -1.67. The first-order chi connectivity index (χ1) is 9.25. The van der Waals surface area contributed by atoms with E-state index in [-0.39, 0.29) is 22.4 Å². The van der Waals surface area contributed by atoms with Gasteiger partial charge in [0.2, 0.25) is 10.0 Å². The summed E-state index contributed by atoms with van der Waals surface area (Å²) in [6.07, 6.45) is 0. The number of hydrogen-bond donors (Lipinski definition) is 1. The Balaban J connectivity index is 2.51. The lowest BCUT2D eigenvalue weighted by atomic mass is 10.0. The summed E-state index contributed by atoms with van der Waals surface area (Å²) >= 11 is 0. The standard InChI is InChI=1S/C12H17N3O4S/c1-8-6-14(7-9(8)2)20(18,19)11-5-3-4-10(13)12(11)15(16)17/h3-5,8-9H,6-7,13H2,1-2H3. The molecule has 1 aliphatic rings. The fraction of sp³-hybridized carbons (Fsp3) is 0.500. The molecule has 0 aromatic heterocycles. The number of nitrogens with zero attached hydrogens (tertiary/aromatic N) is 2. The van der Waals surface area contributed by atoms with Crippen molar-refractivity contribution in [3.05, 3.63) is 28.3 Å². The minimum absolute atomic E-state index is 0.142. The van der Waals surface area contributed by atoms with Crippen LogP contribution in [-0.4, -0.2) is 30.7 Å². The molecule has 0 amide bonds. The molecule has 2 atom stereocenters. The van der Waals surface area contributed by atoms with Crippen LogP contribution in [-0.2, 0) is 10.0 Å². The summed E-state index contributed by atoms with van der Waals surface area (Å²) < 4.78 is 26.4. The summed E-state index contributed by atoms with van der Waals surface area (Å²) in [5.74, 6) is 0.454. The summed E-state index contributed by atoms with van der Waals surface area (Å²) in [6, 6.07) is 3.97. The van der Waals surface area contributed by atoms with Gasteiger partial charge in [0.05, 0.1) is 4.92 Å². The Bertz CT molecular complexity index is 634. The normalized spacial score (nSPS) is 23.9. The van der Waals surface area contributed by atoms with E-state index in [4.69, 9.17) is 5.73 Å². The average molecular weight is 299 g/mol. The predicted molar refractivity (Wildman–Crippen MR) is 74.6 cm³/mol. The first kappa shape index (κ1) is 14.7. The maximum atomic E-state index is 12.6. The summed E-state index contributed by atoms with van der Waals surface area (Å²) in [6.45, 7) is 4.67. The molecule has 2 N–H and O–H groups in total. The van der Waals surface area contributed by atoms with Crippen LogP contribution in [0.4, 0.5) is 11.4 Å². The maximum Gasteiger partial charge on any atom is 0.312 e. The van der Waals surface area contributed by atoms with E-state index in [1.165, 1.54) is 22.5 Å². The second-order valence-electron chi connectivity index (χ2n) is 5.23. The van der Waals surface area contributed by atoms with Gasteiger partial charge in [-0.25, -0.2) is 8.42 Å². The van der Waals surface area contributed by atoms with Crippen molar-refractivity contribution in [1.29, 1.82) is 0 Å². The van der Waals surface area contributed by atoms with E-state index in [0.717, 1.165) is 0 Å². The molecule has 0 aliphatic carbocycles. The lowest BCUT2D eigenvalue weighted by Crippen LogP contribution is -2.29. The summed E-state index contributed by atoms with van der Waals surface area (Å²) in [5, 5.41) is 11.1. The van der Waals surface area contributed by atoms with Crippen LogP contribution >= 0.6 is 0 Å². The SMILES string of the molecule is CC1CN(S(=O)(=O)c2cccc(N)c2[N+](=O)[O-])CC1C. The minimum atomic E-state index is -3.89. The van der Waals surface area contributed by atoms with Gasteiger partial charge in [-0.2, -0.15) is 4.31 Å². The number of nitrogen functional groups attached to an aromatic ring is 1. The Morgan fingerprint density at radius 1 is 1.30 bits per heavy atom. The average Bonchev–Trinajstić information content (AvgIpc) is 2.69. The number of hydrogen-bond acceptors (Lipinski definition) is 5. The molecule has 1 saturated heterocycles. The van der Waals surface area contributed by atoms with Gasteiger partial charge in [0.25, 0.3) is 0 Å². The first-order valence-corrected chi connectivity index (χ1v) is 7.72. The van der Waals surface area contributed by atoms with Crippen molar-refractivity contribution in [3.8, 4) is 0 Å². The first-order valence-electron chi connectivity index (χ1n) is 6.28. The number of para-hydroxylation sites is 1. The Labute approximate surface area is 117 Å². The monoisotopic (exact) mass is 299 g/mol. The number of nitrogens with two attached hydrogens (primary N) is 1. The van der Waals surface area contributed by atoms with Crippen molar-refractivity contribution < 1.29 is 13.3 Å². The van der Waals surface area contributed by atoms with Crippen LogP contribution in [0.5, 0.6) is 0 Å². The maximum absolute atomic E-state index is 12.6. The third kappa shape index (κ3) is 2.36. The Kier molecular flexibility index (Phi) is 3.70. The van der Waals surface area contributed by atoms with Gasteiger partial charge < -0.3 is 5.73 Å². The van der Waals surface area contributed by atoms with Crippen LogP contribution in [0.1, 0.15) is 13.8 Å². The lowest BCUT2D eigenvalue weighted by molar-refractivity contribution is -0.386. The van der Waals surface area contributed by atoms with E-state index in [1.54, 1.807) is 0 Å². The van der Waals surface area contributed by atoms with E-state index >= 15 is 0 Å². The zero-order chi connectivity index (χ0) is 15.1. The molecule has 8 heteroatoms. The van der Waals surface area contributed by atoms with Gasteiger partial charge in [0.1, 0.15) is 5.69 Å². The Morgan fingerprint density at radius 3 is 2.35 bits per heavy atom. The molecule has 0 saturated carbocycles. The topological polar surface area (TPSA) is 107 Å². The zero-order valence-electron chi connectivity index (χ0n) is 11.3. The number of sulfonamides is 1. The molecular weight excluding hydrogens is 282 g/mol. The molecule has 1 aromatic carbocycles. The summed E-state index contributed by atoms with van der Waals surface area (Å²) in [7, 11) is -3.89. The molecule has 1 aromatic rings. The number of nitro benzene ring substituents is 1. The van der Waals surface area contributed by atoms with Crippen LogP contribution in [0.15, 0.2) is 23.1 Å². The highest BCUT2D eigenvalue weighted by atomic mass is 32.2. The predicted octanol–water partition coefficient (Wildman–Crippen LogP) is 1.45. The fourth-order valence-electron chi connectivity index (χ4n) is 2.36. The van der Waals surface area contributed by atoms with Crippen molar-refractivity contribution >= 4 is 21.4 Å². The smallest absolute Gasteiger partial charge is 0.312 e. The van der Waals surface area contributed by atoms with E-state index in [0.29, 0.717) is 13.1 Å². The molecule has 0 spiro atoms. The number of benzene rings is 1. The number of anilines is 1. The van der Waals surface area contributed by atoms with E-state index < -0.39 is 20.6 Å². The fourth-order valence-corrected chi connectivity index (χ4v) is 4.18. The molecule has 20 heavy (non-hydrogen) atoms. The number of nitro groups is 1. The molecule has 0 radical (unpaired) electrons. The van der Waals surface area contributed by atoms with E-state index in [2.05, 4.69) is 0 Å². The largest absolute Gasteiger partial charge is 0.393 e. The molecule has 2 rings (SSSR count). The van der Waals surface area contributed by atoms with Crippen LogP contribution in [0.3, 0.4) is 0 Å². The van der Waals surface area contributed by atoms with Gasteiger partial charge in [0, 0.05) is 13.1 Å². The van der Waals surface area contributed by atoms with Crippen molar-refractivity contribution in [1.82, 2.24) is 4.31 Å². The van der Waals surface area contributed by atoms with Gasteiger partial charge in [-0.3, -0.25) is 10.1 Å². The minimum Gasteiger partial charge on any atom is -0.393 e. The van der Waals surface area contributed by atoms with Crippen LogP contribution in [0, 0.1) is 22.0 Å². The third-order valence-corrected chi connectivity index (χ3v) is 5.65. The van der Waals surface area contributed by atoms with Crippen LogP contribution in [0.25, 0.3) is 0 Å². The molecule has 1 aliphatic heterocycles. The second kappa shape index (κ2) is 5.02. The Morgan fingerprint density at radius 2 is 1.85 bits per heavy atom. The molecule has 0 bridgehead atoms. The van der Waals surface area contributed by atoms with E-state index in [1.807, 2.05) is 13.8 Å². The highest BCUT2D eigenvalue weighted by molar-refractivity contribution is 7.89. The number of rotatable bonds is 3. The van der Waals surface area contributed by atoms with Crippen molar-refractivity contribution in [2.24, 2.45) is 11.8 Å². The van der Waals surface area contributed by atoms with Crippen LogP contribution in [0.2, 0.25) is 0 Å². The van der Waals surface area contributed by atoms with E-state index in [9.17, 15) is 18.5 Å². The quantitative estimate of drug-likeness (QED) is 0.516. The molecule has 1 heterocycles. The van der Waals surface area contributed by atoms with Gasteiger partial charge in [0.15, 0.2) is 4.90 Å². The van der Waals surface area contributed by atoms with Gasteiger partial charge in [-0.05, 0) is 24.0 Å². The van der Waals surface area contributed by atoms with Crippen molar-refractivity contribution in [3.63, 3.8) is 0 Å². The second-order valence-corrected chi connectivity index (χ2v) is 7.13. The summed E-state index contributed by atoms with van der Waals surface area (Å²) in [5.41, 5.74) is 4.86. The van der Waals surface area contributed by atoms with Gasteiger partial charge in [-0.1, -0.05) is 19.9 Å². The molecule has 110 valence electrons. The highest BCUT2D eigenvalue weighted by Crippen LogP contribution is 2.34. The van der Waals surface area contributed by atoms with Crippen molar-refractivity contribution in [2.75, 3.05) is 18.8 Å². The van der Waals surface area contributed by atoms with Gasteiger partial charge >= 0.3 is 5.69 Å². The molecule has 1 fully saturated rings. The zero-order valence-corrected chi connectivity index (χ0v) is 12.1. The lowest BCUT2D eigenvalue weighted by Gasteiger charge is -2.16. The van der Waals surface area contributed by atoms with Crippen LogP contribution < -0.4 is 5.73 Å². The summed E-state index contributed by atoms with van der Waals surface area (Å²) in [4.78, 5) is 10.0. The molecule has 2 unspecified atom stereocenters. The highest BCUT2D eigenvalue weighted by Gasteiger charge is 2.38. The molecular formula is C12H17N3O4S.